The molecule has 0 radical (unpaired) electrons. The van der Waals surface area contributed by atoms with E-state index in [0.717, 1.165) is 11.1 Å². The predicted octanol–water partition coefficient (Wildman–Crippen LogP) is 6.46. The molecule has 0 saturated carbocycles. The van der Waals surface area contributed by atoms with Gasteiger partial charge in [0.05, 0.1) is 0 Å². The van der Waals surface area contributed by atoms with E-state index in [-0.39, 0.29) is 5.54 Å². The molecular weight excluding hydrogens is 306 g/mol. The van der Waals surface area contributed by atoms with Gasteiger partial charge in [0.2, 0.25) is 0 Å². The molecule has 1 aromatic rings. The minimum absolute atomic E-state index is 0.188. The molecule has 132 valence electrons. The van der Waals surface area contributed by atoms with E-state index in [4.69, 9.17) is 0 Å². The van der Waals surface area contributed by atoms with Crippen molar-refractivity contribution in [3.05, 3.63) is 65.3 Å². The molecule has 0 saturated heterocycles. The lowest BCUT2D eigenvalue weighted by molar-refractivity contribution is 0.508. The van der Waals surface area contributed by atoms with Crippen molar-refractivity contribution in [2.45, 2.75) is 65.7 Å². The van der Waals surface area contributed by atoms with Crippen molar-refractivity contribution in [1.82, 2.24) is 4.98 Å². The molecule has 1 aliphatic rings. The SMILES string of the molecule is C=C(C)C(=C)C.CC1=Cc2ccccc2C1[Si](C)(C)NC(C)(C)C. The summed E-state index contributed by atoms with van der Waals surface area (Å²) in [4.78, 5) is 3.91. The Hall–Kier alpha value is -1.38. The Bertz CT molecular complexity index is 632. The van der Waals surface area contributed by atoms with Gasteiger partial charge in [-0.05, 0) is 52.7 Å². The van der Waals surface area contributed by atoms with Crippen molar-refractivity contribution in [2.24, 2.45) is 0 Å². The molecule has 0 amide bonds. The van der Waals surface area contributed by atoms with Crippen LogP contribution in [0.1, 0.15) is 58.2 Å². The quantitative estimate of drug-likeness (QED) is 0.491. The van der Waals surface area contributed by atoms with Crippen LogP contribution < -0.4 is 4.98 Å². The van der Waals surface area contributed by atoms with E-state index in [0.29, 0.717) is 5.54 Å². The van der Waals surface area contributed by atoms with E-state index in [1.54, 1.807) is 0 Å². The standard InChI is InChI=1S/C16H25NSi.C6H10/c1-12-11-13-9-7-8-10-14(13)15(12)18(5,6)17-16(2,3)4;1-5(2)6(3)4/h7-11,15,17H,1-6H3;1,3H2,2,4H3. The van der Waals surface area contributed by atoms with Gasteiger partial charge >= 0.3 is 0 Å². The minimum Gasteiger partial charge on any atom is -0.332 e. The van der Waals surface area contributed by atoms with Crippen LogP contribution in [0, 0.1) is 0 Å². The average molecular weight is 342 g/mol. The molecule has 2 rings (SSSR count). The van der Waals surface area contributed by atoms with Gasteiger partial charge < -0.3 is 4.98 Å². The predicted molar refractivity (Wildman–Crippen MR) is 113 cm³/mol. The van der Waals surface area contributed by atoms with Crippen molar-refractivity contribution >= 4 is 14.3 Å². The van der Waals surface area contributed by atoms with Crippen LogP contribution in [0.15, 0.2) is 54.1 Å². The molecule has 1 aliphatic carbocycles. The van der Waals surface area contributed by atoms with E-state index < -0.39 is 8.24 Å². The number of hydrogen-bond donors (Lipinski definition) is 1. The van der Waals surface area contributed by atoms with Crippen LogP contribution in [0.5, 0.6) is 0 Å². The first-order valence-corrected chi connectivity index (χ1v) is 11.8. The largest absolute Gasteiger partial charge is 0.332 e. The van der Waals surface area contributed by atoms with Crippen molar-refractivity contribution in [1.29, 1.82) is 0 Å². The van der Waals surface area contributed by atoms with Gasteiger partial charge in [0.1, 0.15) is 8.24 Å². The van der Waals surface area contributed by atoms with Crippen molar-refractivity contribution in [3.63, 3.8) is 0 Å². The van der Waals surface area contributed by atoms with Crippen molar-refractivity contribution in [2.75, 3.05) is 0 Å². The number of allylic oxidation sites excluding steroid dienone is 3. The smallest absolute Gasteiger partial charge is 0.131 e. The Balaban J connectivity index is 0.000000413. The summed E-state index contributed by atoms with van der Waals surface area (Å²) >= 11 is 0. The topological polar surface area (TPSA) is 12.0 Å². The van der Waals surface area contributed by atoms with Gasteiger partial charge in [-0.1, -0.05) is 73.3 Å². The van der Waals surface area contributed by atoms with E-state index in [2.05, 4.69) is 89.3 Å². The maximum absolute atomic E-state index is 3.91. The summed E-state index contributed by atoms with van der Waals surface area (Å²) in [7, 11) is -1.54. The fourth-order valence-corrected chi connectivity index (χ4v) is 7.82. The van der Waals surface area contributed by atoms with Gasteiger partial charge in [0.15, 0.2) is 0 Å². The number of hydrogen-bond acceptors (Lipinski definition) is 1. The fraction of sp³-hybridized carbons (Fsp3) is 0.455. The summed E-state index contributed by atoms with van der Waals surface area (Å²) < 4.78 is 0. The molecule has 0 aromatic heterocycles. The normalized spacial score (nSPS) is 16.7. The third kappa shape index (κ3) is 5.61. The van der Waals surface area contributed by atoms with E-state index in [1.165, 1.54) is 16.7 Å². The maximum atomic E-state index is 3.91. The Labute approximate surface area is 150 Å². The molecule has 1 N–H and O–H groups in total. The number of benzene rings is 1. The second-order valence-electron chi connectivity index (χ2n) is 8.61. The number of rotatable bonds is 3. The van der Waals surface area contributed by atoms with Gasteiger partial charge in [-0.15, -0.1) is 0 Å². The second-order valence-corrected chi connectivity index (χ2v) is 12.9. The highest BCUT2D eigenvalue weighted by Gasteiger charge is 2.39. The first-order chi connectivity index (χ1) is 10.8. The van der Waals surface area contributed by atoms with Crippen molar-refractivity contribution < 1.29 is 0 Å². The summed E-state index contributed by atoms with van der Waals surface area (Å²) in [6.45, 7) is 25.2. The fourth-order valence-electron chi connectivity index (χ4n) is 3.48. The molecule has 1 atom stereocenters. The summed E-state index contributed by atoms with van der Waals surface area (Å²) in [6, 6.07) is 8.84. The Morgan fingerprint density at radius 3 is 2.00 bits per heavy atom. The molecule has 1 aromatic carbocycles. The van der Waals surface area contributed by atoms with Crippen LogP contribution in [-0.4, -0.2) is 13.8 Å². The van der Waals surface area contributed by atoms with Crippen LogP contribution in [0.4, 0.5) is 0 Å². The molecule has 0 spiro atoms. The zero-order chi connectivity index (χ0) is 18.7. The summed E-state index contributed by atoms with van der Waals surface area (Å²) in [5.41, 5.74) is 7.37. The average Bonchev–Trinajstić information content (AvgIpc) is 2.72. The van der Waals surface area contributed by atoms with Crippen molar-refractivity contribution in [3.8, 4) is 0 Å². The molecule has 1 nitrogen and oxygen atoms in total. The van der Waals surface area contributed by atoms with E-state index in [1.807, 2.05) is 13.8 Å². The molecule has 0 fully saturated rings. The van der Waals surface area contributed by atoms with E-state index in [9.17, 15) is 0 Å². The molecule has 0 bridgehead atoms. The summed E-state index contributed by atoms with van der Waals surface area (Å²) in [5.74, 6) is 0. The van der Waals surface area contributed by atoms with Gasteiger partial charge in [0.25, 0.3) is 0 Å². The highest BCUT2D eigenvalue weighted by Crippen LogP contribution is 2.41. The maximum Gasteiger partial charge on any atom is 0.131 e. The molecule has 0 aliphatic heterocycles. The third-order valence-corrected chi connectivity index (χ3v) is 7.90. The van der Waals surface area contributed by atoms with E-state index >= 15 is 0 Å². The van der Waals surface area contributed by atoms with Gasteiger partial charge in [-0.3, -0.25) is 0 Å². The minimum atomic E-state index is -1.54. The highest BCUT2D eigenvalue weighted by atomic mass is 28.3. The first-order valence-electron chi connectivity index (χ1n) is 8.73. The van der Waals surface area contributed by atoms with Gasteiger partial charge in [0, 0.05) is 11.1 Å². The number of nitrogens with one attached hydrogen (secondary N) is 1. The van der Waals surface area contributed by atoms with Crippen LogP contribution in [0.25, 0.3) is 6.08 Å². The van der Waals surface area contributed by atoms with Crippen LogP contribution >= 0.6 is 0 Å². The lowest BCUT2D eigenvalue weighted by Gasteiger charge is -2.38. The van der Waals surface area contributed by atoms with Crippen LogP contribution in [-0.2, 0) is 0 Å². The molecule has 2 heteroatoms. The Morgan fingerprint density at radius 2 is 1.54 bits per heavy atom. The lowest BCUT2D eigenvalue weighted by Crippen LogP contribution is -2.58. The zero-order valence-corrected chi connectivity index (χ0v) is 17.9. The number of fused-ring (bicyclic) bond motifs is 1. The molecule has 24 heavy (non-hydrogen) atoms. The summed E-state index contributed by atoms with van der Waals surface area (Å²) in [6.07, 6.45) is 2.36. The monoisotopic (exact) mass is 341 g/mol. The zero-order valence-electron chi connectivity index (χ0n) is 16.9. The second kappa shape index (κ2) is 7.67. The van der Waals surface area contributed by atoms with Gasteiger partial charge in [-0.2, -0.15) is 0 Å². The third-order valence-electron chi connectivity index (χ3n) is 4.29. The molecule has 1 unspecified atom stereocenters. The lowest BCUT2D eigenvalue weighted by atomic mass is 10.1. The van der Waals surface area contributed by atoms with Crippen LogP contribution in [0.2, 0.25) is 13.1 Å². The summed E-state index contributed by atoms with van der Waals surface area (Å²) in [5, 5.41) is 0. The Kier molecular flexibility index (Phi) is 6.60. The Morgan fingerprint density at radius 1 is 1.04 bits per heavy atom. The highest BCUT2D eigenvalue weighted by molar-refractivity contribution is 6.77. The molecule has 0 heterocycles. The van der Waals surface area contributed by atoms with Gasteiger partial charge in [-0.25, -0.2) is 0 Å². The molecular formula is C22H35NSi. The first kappa shape index (κ1) is 20.7. The van der Waals surface area contributed by atoms with Crippen LogP contribution in [0.3, 0.4) is 0 Å².